The number of carboxylic acid groups (broad SMARTS) is 3. The van der Waals surface area contributed by atoms with E-state index >= 15 is 0 Å². The number of nitrogens with one attached hydrogen (secondary N) is 3. The van der Waals surface area contributed by atoms with Crippen LogP contribution < -0.4 is 16.0 Å². The van der Waals surface area contributed by atoms with Gasteiger partial charge in [-0.1, -0.05) is 57.3 Å². The Labute approximate surface area is 702 Å². The zero-order valence-corrected chi connectivity index (χ0v) is 70.1. The predicted molar refractivity (Wildman–Crippen MR) is 435 cm³/mol. The molecule has 0 radical (unpaired) electrons. The number of benzene rings is 3. The van der Waals surface area contributed by atoms with Crippen molar-refractivity contribution in [2.75, 3.05) is 122 Å². The molecule has 3 aromatic heterocycles. The fraction of sp³-hybridized carbons (Fsp3) is 0.447. The summed E-state index contributed by atoms with van der Waals surface area (Å²) in [6.45, 7) is 6.68. The van der Waals surface area contributed by atoms with Gasteiger partial charge in [0.05, 0.1) is 61.1 Å². The first-order valence-corrected chi connectivity index (χ1v) is 43.1. The largest absolute Gasteiger partial charge is 0.481 e. The molecule has 6 aliphatic heterocycles. The molecule has 6 aliphatic rings. The van der Waals surface area contributed by atoms with Gasteiger partial charge in [0.1, 0.15) is 47.9 Å². The highest BCUT2D eigenvalue weighted by atomic mass is 79.9. The molecule has 624 valence electrons. The van der Waals surface area contributed by atoms with Gasteiger partial charge >= 0.3 is 35.8 Å². The smallest absolute Gasteiger partial charge is 0.338 e. The molecule has 0 saturated carbocycles. The number of ether oxygens (including phenoxy) is 3. The monoisotopic (exact) mass is 1810 g/mol. The Morgan fingerprint density at radius 1 is 0.560 bits per heavy atom. The minimum atomic E-state index is -3.03. The van der Waals surface area contributed by atoms with Crippen molar-refractivity contribution >= 4 is 150 Å². The molecule has 6 aromatic rings. The first kappa shape index (κ1) is 90.4. The number of piperidine rings is 3. The molecule has 116 heavy (non-hydrogen) atoms. The molecule has 6 N–H and O–H groups in total. The summed E-state index contributed by atoms with van der Waals surface area (Å²) in [5.41, 5.74) is 3.16. The molecule has 0 aliphatic carbocycles. The third kappa shape index (κ3) is 25.3. The molecule has 0 bridgehead atoms. The summed E-state index contributed by atoms with van der Waals surface area (Å²) in [5.74, 6) is -7.75. The van der Waals surface area contributed by atoms with Crippen LogP contribution in [0, 0.1) is 35.2 Å². The van der Waals surface area contributed by atoms with Gasteiger partial charge < -0.3 is 45.5 Å². The summed E-state index contributed by atoms with van der Waals surface area (Å²) in [5, 5.41) is 43.7. The number of likely N-dealkylation sites (tertiary alicyclic amines) is 3. The molecule has 8 atom stereocenters. The van der Waals surface area contributed by atoms with E-state index in [1.165, 1.54) is 104 Å². The number of carbonyl (C=O) groups excluding carboxylic acids is 3. The summed E-state index contributed by atoms with van der Waals surface area (Å²) in [7, 11) is 1.57. The van der Waals surface area contributed by atoms with Crippen molar-refractivity contribution < 1.29 is 89.0 Å². The fourth-order valence-electron chi connectivity index (χ4n) is 14.2. The quantitative estimate of drug-likeness (QED) is 0.0139. The summed E-state index contributed by atoms with van der Waals surface area (Å²) in [6.07, 6.45) is 3.01. The molecular weight excluding hydrogens is 1730 g/mol. The van der Waals surface area contributed by atoms with Crippen molar-refractivity contribution in [1.82, 2.24) is 50.5 Å². The Kier molecular flexibility index (Phi) is 33.3. The van der Waals surface area contributed by atoms with Crippen LogP contribution in [0.5, 0.6) is 0 Å². The molecule has 3 aromatic carbocycles. The first-order valence-electron chi connectivity index (χ1n) is 36.6. The zero-order chi connectivity index (χ0) is 83.5. The fourth-order valence-corrected chi connectivity index (χ4v) is 18.9. The lowest BCUT2D eigenvalue weighted by atomic mass is 9.92. The number of aliphatic carboxylic acids is 3. The standard InChI is InChI=1S/C26H29ClF3N5O4S.C25H27BrF2N4O4S2.C25H27ClF2N4O4S2/c1-3-39-25(38)21-19(12-35-11-15(9-26(29,30)14-35)10-34(2)13-20(36)37)32-23(24-31-6-7-40-24)33-22(21)17-5-4-16(28)8-18(17)27;2*1-2-36-25(35)21-19(11-32-9-14(7-16(28)10-32)12-37-13-20(33)34)30-23(24-29-5-6-38-24)31-22(21)17-4-3-15(27)8-18(17)26/h4-8,15,22H,3,9-14H2,1-2H3,(H,32,33)(H,36,37);2*3-6,8,14,16,22H,2,7,9-13H2,1H3,(H,30,31)(H,33,34)/t15?,22-;2*14?,16?,22-/m000/s1. The number of hydrogen-bond donors (Lipinski definition) is 6. The number of thioether (sulfide) groups is 2. The maximum absolute atomic E-state index is 14.9. The van der Waals surface area contributed by atoms with Crippen LogP contribution in [-0.2, 0) is 43.0 Å². The van der Waals surface area contributed by atoms with Crippen LogP contribution in [0.4, 0.5) is 30.7 Å². The average Bonchev–Trinajstić information content (AvgIpc) is 1.02. The summed E-state index contributed by atoms with van der Waals surface area (Å²) >= 11 is 22.8. The van der Waals surface area contributed by atoms with E-state index in [0.29, 0.717) is 108 Å². The number of likely N-dealkylation sites (N-methyl/N-ethyl adjacent to an activating group) is 1. The Balaban J connectivity index is 0.000000184. The van der Waals surface area contributed by atoms with Gasteiger partial charge in [-0.2, -0.15) is 0 Å². The van der Waals surface area contributed by atoms with Crippen LogP contribution in [0.1, 0.15) is 89.9 Å². The number of hydrogen-bond acceptors (Lipinski definition) is 27. The van der Waals surface area contributed by atoms with E-state index in [9.17, 15) is 59.5 Å². The minimum Gasteiger partial charge on any atom is -0.481 e. The highest BCUT2D eigenvalue weighted by molar-refractivity contribution is 9.10. The lowest BCUT2D eigenvalue weighted by Gasteiger charge is -2.40. The Hall–Kier alpha value is -7.89. The second-order valence-corrected chi connectivity index (χ2v) is 34.1. The molecular formula is C76H83BrCl2F7N13O12S5. The number of aliphatic imine (C=N–C) groups is 3. The predicted octanol–water partition coefficient (Wildman–Crippen LogP) is 12.6. The van der Waals surface area contributed by atoms with Crippen molar-refractivity contribution in [2.45, 2.75) is 76.4 Å². The normalized spacial score (nSPS) is 21.8. The number of carboxylic acids is 3. The molecule has 9 heterocycles. The van der Waals surface area contributed by atoms with E-state index < -0.39 is 102 Å². The molecule has 12 rings (SSSR count). The van der Waals surface area contributed by atoms with Crippen LogP contribution >= 0.6 is 96.7 Å². The number of carbonyl (C=O) groups is 6. The highest BCUT2D eigenvalue weighted by Crippen LogP contribution is 2.42. The number of nitrogens with zero attached hydrogens (tertiary/aromatic N) is 10. The van der Waals surface area contributed by atoms with Crippen LogP contribution in [0.3, 0.4) is 0 Å². The summed E-state index contributed by atoms with van der Waals surface area (Å²) in [4.78, 5) is 107. The average molecular weight is 1810 g/mol. The first-order chi connectivity index (χ1) is 55.4. The van der Waals surface area contributed by atoms with Crippen molar-refractivity contribution in [3.8, 4) is 0 Å². The van der Waals surface area contributed by atoms with E-state index in [-0.39, 0.29) is 129 Å². The molecule has 3 saturated heterocycles. The van der Waals surface area contributed by atoms with Crippen LogP contribution in [0.25, 0.3) is 0 Å². The van der Waals surface area contributed by atoms with Gasteiger partial charge in [0, 0.05) is 143 Å². The van der Waals surface area contributed by atoms with Crippen LogP contribution in [0.2, 0.25) is 10.0 Å². The molecule has 40 heteroatoms. The van der Waals surface area contributed by atoms with Crippen LogP contribution in [-0.4, -0.2) is 243 Å². The van der Waals surface area contributed by atoms with E-state index in [2.05, 4.69) is 51.8 Å². The van der Waals surface area contributed by atoms with Crippen LogP contribution in [0.15, 0.2) is 143 Å². The maximum Gasteiger partial charge on any atom is 0.338 e. The van der Waals surface area contributed by atoms with Gasteiger partial charge in [0.15, 0.2) is 32.5 Å². The van der Waals surface area contributed by atoms with Gasteiger partial charge in [-0.25, -0.2) is 60.1 Å². The third-order valence-electron chi connectivity index (χ3n) is 18.5. The SMILES string of the molecule is CCOC(=O)C1=C(CN2CC(CN(C)CC(=O)O)CC(F)(F)C2)NC(c2nccs2)=N[C@H]1c1ccc(F)cc1Cl.CCOC(=O)C1=C(CN2CC(F)CC(CSCC(=O)O)C2)NC(c2nccs2)=N[C@H]1c1ccc(F)cc1Br.CCOC(=O)C1=C(CN2CC(F)CC(CSCC(=O)O)C2)NC(c2nccs2)=N[C@H]1c1ccc(F)cc1Cl. The van der Waals surface area contributed by atoms with Gasteiger partial charge in [-0.05, 0) is 112 Å². The lowest BCUT2D eigenvalue weighted by Crippen LogP contribution is -2.51. The van der Waals surface area contributed by atoms with E-state index in [4.69, 9.17) is 62.7 Å². The van der Waals surface area contributed by atoms with Crippen molar-refractivity contribution in [3.63, 3.8) is 0 Å². The molecule has 25 nitrogen and oxygen atoms in total. The van der Waals surface area contributed by atoms with Crippen molar-refractivity contribution in [2.24, 2.45) is 32.7 Å². The lowest BCUT2D eigenvalue weighted by molar-refractivity contribution is -0.140. The zero-order valence-electron chi connectivity index (χ0n) is 62.9. The molecule has 5 unspecified atom stereocenters. The Bertz CT molecular complexity index is 4490. The van der Waals surface area contributed by atoms with Gasteiger partial charge in [-0.15, -0.1) is 57.5 Å². The Morgan fingerprint density at radius 3 is 1.28 bits per heavy atom. The summed E-state index contributed by atoms with van der Waals surface area (Å²) < 4.78 is 118. The van der Waals surface area contributed by atoms with Gasteiger partial charge in [0.2, 0.25) is 0 Å². The molecule has 3 fully saturated rings. The third-order valence-corrected chi connectivity index (χ3v) is 24.5. The van der Waals surface area contributed by atoms with E-state index in [0.717, 1.165) is 12.1 Å². The number of halogens is 10. The molecule has 0 spiro atoms. The van der Waals surface area contributed by atoms with Crippen molar-refractivity contribution in [1.29, 1.82) is 0 Å². The highest BCUT2D eigenvalue weighted by Gasteiger charge is 2.44. The number of esters is 3. The van der Waals surface area contributed by atoms with E-state index in [1.807, 2.05) is 15.2 Å². The number of rotatable bonds is 30. The number of thiazole rings is 3. The Morgan fingerprint density at radius 2 is 0.931 bits per heavy atom. The van der Waals surface area contributed by atoms with E-state index in [1.54, 1.807) is 63.2 Å². The number of aromatic nitrogens is 3. The topological polar surface area (TPSA) is 316 Å². The molecule has 0 amide bonds. The second kappa shape index (κ2) is 42.7. The van der Waals surface area contributed by atoms with Gasteiger partial charge in [-0.3, -0.25) is 49.0 Å². The second-order valence-electron chi connectivity index (χ2n) is 27.7. The maximum atomic E-state index is 14.9. The summed E-state index contributed by atoms with van der Waals surface area (Å²) in [6, 6.07) is 9.12. The number of amidine groups is 3. The number of alkyl halides is 4. The van der Waals surface area contributed by atoms with Gasteiger partial charge in [0.25, 0.3) is 5.92 Å². The minimum absolute atomic E-state index is 0.0327. The van der Waals surface area contributed by atoms with Crippen molar-refractivity contribution in [3.05, 3.63) is 187 Å².